The van der Waals surface area contributed by atoms with E-state index in [0.29, 0.717) is 12.0 Å². The van der Waals surface area contributed by atoms with E-state index in [1.54, 1.807) is 0 Å². The summed E-state index contributed by atoms with van der Waals surface area (Å²) in [6.07, 6.45) is 6.73. The van der Waals surface area contributed by atoms with Gasteiger partial charge in [-0.2, -0.15) is 0 Å². The molecule has 2 N–H and O–H groups in total. The third-order valence-electron chi connectivity index (χ3n) is 7.34. The summed E-state index contributed by atoms with van der Waals surface area (Å²) >= 11 is 0. The van der Waals surface area contributed by atoms with Gasteiger partial charge in [-0.1, -0.05) is 46.3 Å². The molecule has 3 nitrogen and oxygen atoms in total. The first-order chi connectivity index (χ1) is 10.5. The SMILES string of the molecule is C=C[C@@]1(C)C=C2C(=O)C[C@@]3(O)[C@@H](CCCC3(C)C)[C@]2(C)[C@@H](O)C1. The number of carbonyl (C=O) groups excluding carboxylic acids is 1. The number of allylic oxidation sites excluding steroid dienone is 2. The second kappa shape index (κ2) is 4.80. The molecule has 0 aromatic carbocycles. The first kappa shape index (κ1) is 16.9. The number of fused-ring (bicyclic) bond motifs is 3. The molecule has 23 heavy (non-hydrogen) atoms. The second-order valence-corrected chi connectivity index (χ2v) is 9.12. The summed E-state index contributed by atoms with van der Waals surface area (Å²) in [6.45, 7) is 12.0. The molecular weight excluding hydrogens is 288 g/mol. The van der Waals surface area contributed by atoms with Crippen molar-refractivity contribution in [3.05, 3.63) is 24.3 Å². The van der Waals surface area contributed by atoms with E-state index < -0.39 is 17.1 Å². The molecule has 0 aliphatic heterocycles. The molecule has 3 rings (SSSR count). The average molecular weight is 318 g/mol. The van der Waals surface area contributed by atoms with Crippen LogP contribution in [0.3, 0.4) is 0 Å². The fraction of sp³-hybridized carbons (Fsp3) is 0.750. The predicted octanol–water partition coefficient (Wildman–Crippen LogP) is 3.41. The van der Waals surface area contributed by atoms with Crippen LogP contribution in [0.2, 0.25) is 0 Å². The van der Waals surface area contributed by atoms with Crippen molar-refractivity contribution in [3.8, 4) is 0 Å². The lowest BCUT2D eigenvalue weighted by molar-refractivity contribution is -0.204. The zero-order chi connectivity index (χ0) is 17.3. The summed E-state index contributed by atoms with van der Waals surface area (Å²) in [5.41, 5.74) is -1.64. The fourth-order valence-corrected chi connectivity index (χ4v) is 5.47. The first-order valence-electron chi connectivity index (χ1n) is 8.81. The van der Waals surface area contributed by atoms with Crippen LogP contribution in [0.15, 0.2) is 24.3 Å². The van der Waals surface area contributed by atoms with Crippen LogP contribution >= 0.6 is 0 Å². The summed E-state index contributed by atoms with van der Waals surface area (Å²) in [5.74, 6) is -0.0832. The third-order valence-corrected chi connectivity index (χ3v) is 7.34. The number of hydrogen-bond acceptors (Lipinski definition) is 3. The van der Waals surface area contributed by atoms with Gasteiger partial charge in [-0.05, 0) is 24.7 Å². The lowest BCUT2D eigenvalue weighted by atomic mass is 9.44. The van der Waals surface area contributed by atoms with Gasteiger partial charge in [0.25, 0.3) is 0 Å². The summed E-state index contributed by atoms with van der Waals surface area (Å²) in [5, 5.41) is 22.5. The minimum absolute atomic E-state index is 0.00644. The van der Waals surface area contributed by atoms with Gasteiger partial charge in [0.2, 0.25) is 0 Å². The molecule has 0 aromatic rings. The molecule has 5 atom stereocenters. The summed E-state index contributed by atoms with van der Waals surface area (Å²) < 4.78 is 0. The minimum Gasteiger partial charge on any atom is -0.392 e. The summed E-state index contributed by atoms with van der Waals surface area (Å²) in [7, 11) is 0. The molecule has 3 aliphatic carbocycles. The Morgan fingerprint density at radius 2 is 1.96 bits per heavy atom. The van der Waals surface area contributed by atoms with E-state index in [-0.39, 0.29) is 29.0 Å². The molecule has 0 saturated heterocycles. The topological polar surface area (TPSA) is 57.5 Å². The maximum atomic E-state index is 13.0. The Labute approximate surface area is 139 Å². The summed E-state index contributed by atoms with van der Waals surface area (Å²) in [4.78, 5) is 13.0. The van der Waals surface area contributed by atoms with Gasteiger partial charge >= 0.3 is 0 Å². The highest BCUT2D eigenvalue weighted by Crippen LogP contribution is 2.63. The molecule has 0 radical (unpaired) electrons. The molecule has 0 unspecified atom stereocenters. The van der Waals surface area contributed by atoms with E-state index in [4.69, 9.17) is 0 Å². The van der Waals surface area contributed by atoms with E-state index >= 15 is 0 Å². The van der Waals surface area contributed by atoms with Gasteiger partial charge in [0, 0.05) is 28.7 Å². The highest BCUT2D eigenvalue weighted by atomic mass is 16.3. The van der Waals surface area contributed by atoms with Gasteiger partial charge in [-0.25, -0.2) is 0 Å². The van der Waals surface area contributed by atoms with Crippen molar-refractivity contribution in [2.75, 3.05) is 0 Å². The number of aliphatic hydroxyl groups excluding tert-OH is 1. The summed E-state index contributed by atoms with van der Waals surface area (Å²) in [6, 6.07) is 0. The van der Waals surface area contributed by atoms with Crippen molar-refractivity contribution in [3.63, 3.8) is 0 Å². The number of carbonyl (C=O) groups is 1. The van der Waals surface area contributed by atoms with Crippen molar-refractivity contribution >= 4 is 5.78 Å². The lowest BCUT2D eigenvalue weighted by Gasteiger charge is -2.62. The smallest absolute Gasteiger partial charge is 0.162 e. The molecule has 0 heterocycles. The molecule has 2 fully saturated rings. The number of aliphatic hydroxyl groups is 2. The molecule has 2 saturated carbocycles. The second-order valence-electron chi connectivity index (χ2n) is 9.12. The maximum Gasteiger partial charge on any atom is 0.162 e. The number of ketones is 1. The van der Waals surface area contributed by atoms with E-state index in [1.165, 1.54) is 0 Å². The van der Waals surface area contributed by atoms with Crippen LogP contribution in [0.25, 0.3) is 0 Å². The lowest BCUT2D eigenvalue weighted by Crippen LogP contribution is -2.66. The third kappa shape index (κ3) is 2.05. The molecule has 3 heteroatoms. The van der Waals surface area contributed by atoms with Crippen molar-refractivity contribution < 1.29 is 15.0 Å². The molecule has 0 amide bonds. The van der Waals surface area contributed by atoms with E-state index in [0.717, 1.165) is 19.3 Å². The van der Waals surface area contributed by atoms with Crippen LogP contribution in [0.4, 0.5) is 0 Å². The Balaban J connectivity index is 2.18. The highest BCUT2D eigenvalue weighted by Gasteiger charge is 2.65. The predicted molar refractivity (Wildman–Crippen MR) is 90.8 cm³/mol. The maximum absolute atomic E-state index is 13.0. The fourth-order valence-electron chi connectivity index (χ4n) is 5.47. The normalized spacial score (nSPS) is 49.0. The van der Waals surface area contributed by atoms with Gasteiger partial charge < -0.3 is 10.2 Å². The van der Waals surface area contributed by atoms with Gasteiger partial charge in [-0.15, -0.1) is 6.58 Å². The Morgan fingerprint density at radius 3 is 2.57 bits per heavy atom. The van der Waals surface area contributed by atoms with Crippen molar-refractivity contribution in [1.29, 1.82) is 0 Å². The van der Waals surface area contributed by atoms with Gasteiger partial charge in [0.05, 0.1) is 11.7 Å². The van der Waals surface area contributed by atoms with Gasteiger partial charge in [0.15, 0.2) is 5.78 Å². The van der Waals surface area contributed by atoms with Crippen LogP contribution in [-0.4, -0.2) is 27.7 Å². The Kier molecular flexibility index (Phi) is 3.53. The molecule has 0 bridgehead atoms. The van der Waals surface area contributed by atoms with Crippen molar-refractivity contribution in [1.82, 2.24) is 0 Å². The monoisotopic (exact) mass is 318 g/mol. The Bertz CT molecular complexity index is 590. The highest BCUT2D eigenvalue weighted by molar-refractivity contribution is 5.99. The first-order valence-corrected chi connectivity index (χ1v) is 8.81. The molecule has 0 spiro atoms. The van der Waals surface area contributed by atoms with Crippen LogP contribution in [-0.2, 0) is 4.79 Å². The molecular formula is C20H30O3. The average Bonchev–Trinajstić information content (AvgIpc) is 2.44. The Hall–Kier alpha value is -0.930. The van der Waals surface area contributed by atoms with Crippen LogP contribution in [0.5, 0.6) is 0 Å². The molecule has 0 aromatic heterocycles. The van der Waals surface area contributed by atoms with E-state index in [1.807, 2.05) is 26.0 Å². The quantitative estimate of drug-likeness (QED) is 0.729. The Morgan fingerprint density at radius 1 is 1.30 bits per heavy atom. The van der Waals surface area contributed by atoms with Crippen LogP contribution in [0, 0.1) is 22.2 Å². The van der Waals surface area contributed by atoms with Gasteiger partial charge in [0.1, 0.15) is 0 Å². The van der Waals surface area contributed by atoms with Crippen molar-refractivity contribution in [2.45, 2.75) is 71.5 Å². The van der Waals surface area contributed by atoms with Crippen LogP contribution in [0.1, 0.15) is 59.8 Å². The zero-order valence-electron chi connectivity index (χ0n) is 14.9. The standard InChI is InChI=1S/C20H30O3/c1-6-18(4)10-13-14(21)11-20(23)15(8-7-9-17(20,2)3)19(13,5)16(22)12-18/h6,10,15-16,22-23H,1,7-9,11-12H2,2-5H3/t15-,16-,18-,19+,20+/m0/s1. The number of rotatable bonds is 1. The number of hydrogen-bond donors (Lipinski definition) is 2. The minimum atomic E-state index is -1.03. The van der Waals surface area contributed by atoms with Crippen molar-refractivity contribution in [2.24, 2.45) is 22.2 Å². The molecule has 3 aliphatic rings. The van der Waals surface area contributed by atoms with E-state index in [2.05, 4.69) is 20.4 Å². The van der Waals surface area contributed by atoms with Crippen LogP contribution < -0.4 is 0 Å². The number of Topliss-reactive ketones (excluding diaryl/α,β-unsaturated/α-hetero) is 1. The van der Waals surface area contributed by atoms with Gasteiger partial charge in [-0.3, -0.25) is 4.79 Å². The molecule has 128 valence electrons. The van der Waals surface area contributed by atoms with E-state index in [9.17, 15) is 15.0 Å². The largest absolute Gasteiger partial charge is 0.392 e. The zero-order valence-corrected chi connectivity index (χ0v) is 14.9.